The molecule has 2 rings (SSSR count). The topological polar surface area (TPSA) is 49.3 Å². The van der Waals surface area contributed by atoms with Crippen molar-refractivity contribution in [3.63, 3.8) is 0 Å². The second-order valence-corrected chi connectivity index (χ2v) is 4.56. The first-order valence-corrected chi connectivity index (χ1v) is 6.35. The van der Waals surface area contributed by atoms with Crippen molar-refractivity contribution in [1.29, 1.82) is 0 Å². The summed E-state index contributed by atoms with van der Waals surface area (Å²) in [5.74, 6) is 0.0423. The number of carbonyl (C=O) groups excluding carboxylic acids is 1. The first kappa shape index (κ1) is 13.4. The lowest BCUT2D eigenvalue weighted by molar-refractivity contribution is 0.0954. The zero-order valence-corrected chi connectivity index (χ0v) is 11.0. The van der Waals surface area contributed by atoms with Crippen LogP contribution in [0.1, 0.15) is 15.9 Å². The van der Waals surface area contributed by atoms with E-state index in [-0.39, 0.29) is 11.7 Å². The van der Waals surface area contributed by atoms with Gasteiger partial charge in [-0.1, -0.05) is 35.9 Å². The number of phenols is 1. The Bertz CT molecular complexity index is 584. The summed E-state index contributed by atoms with van der Waals surface area (Å²) < 4.78 is 0. The number of halogens is 1. The van der Waals surface area contributed by atoms with Gasteiger partial charge in [0.1, 0.15) is 5.75 Å². The van der Waals surface area contributed by atoms with Gasteiger partial charge in [-0.2, -0.15) is 0 Å². The molecule has 0 aliphatic rings. The molecular formula is C15H14ClNO2. The summed E-state index contributed by atoms with van der Waals surface area (Å²) in [7, 11) is 0. The highest BCUT2D eigenvalue weighted by Crippen LogP contribution is 2.14. The maximum Gasteiger partial charge on any atom is 0.252 e. The first-order valence-electron chi connectivity index (χ1n) is 5.97. The summed E-state index contributed by atoms with van der Waals surface area (Å²) in [5.41, 5.74) is 1.44. The lowest BCUT2D eigenvalue weighted by Gasteiger charge is -2.07. The number of aromatic hydroxyl groups is 1. The molecule has 98 valence electrons. The van der Waals surface area contributed by atoms with Gasteiger partial charge in [-0.15, -0.1) is 0 Å². The van der Waals surface area contributed by atoms with Gasteiger partial charge in [0.15, 0.2) is 0 Å². The second-order valence-electron chi connectivity index (χ2n) is 4.16. The van der Waals surface area contributed by atoms with Crippen molar-refractivity contribution in [2.75, 3.05) is 6.54 Å². The fourth-order valence-electron chi connectivity index (χ4n) is 1.77. The van der Waals surface area contributed by atoms with Gasteiger partial charge in [-0.3, -0.25) is 4.79 Å². The van der Waals surface area contributed by atoms with E-state index < -0.39 is 0 Å². The molecule has 2 aromatic carbocycles. The van der Waals surface area contributed by atoms with Crippen molar-refractivity contribution in [3.8, 4) is 5.75 Å². The quantitative estimate of drug-likeness (QED) is 0.901. The van der Waals surface area contributed by atoms with Crippen LogP contribution in [0, 0.1) is 0 Å². The SMILES string of the molecule is O=C(NCCc1cccc(O)c1)c1ccccc1Cl. The predicted molar refractivity (Wildman–Crippen MR) is 75.6 cm³/mol. The van der Waals surface area contributed by atoms with Gasteiger partial charge in [-0.05, 0) is 36.2 Å². The zero-order valence-electron chi connectivity index (χ0n) is 10.3. The summed E-state index contributed by atoms with van der Waals surface area (Å²) in [6, 6.07) is 13.9. The minimum absolute atomic E-state index is 0.189. The van der Waals surface area contributed by atoms with Gasteiger partial charge in [0.05, 0.1) is 10.6 Å². The number of carbonyl (C=O) groups is 1. The van der Waals surface area contributed by atoms with Crippen LogP contribution < -0.4 is 5.32 Å². The van der Waals surface area contributed by atoms with Crippen molar-refractivity contribution >= 4 is 17.5 Å². The van der Waals surface area contributed by atoms with E-state index in [0.717, 1.165) is 5.56 Å². The maximum atomic E-state index is 11.9. The summed E-state index contributed by atoms with van der Waals surface area (Å²) >= 11 is 5.94. The van der Waals surface area contributed by atoms with E-state index in [1.165, 1.54) is 0 Å². The third kappa shape index (κ3) is 3.73. The minimum atomic E-state index is -0.189. The highest BCUT2D eigenvalue weighted by Gasteiger charge is 2.08. The molecular weight excluding hydrogens is 262 g/mol. The number of amides is 1. The van der Waals surface area contributed by atoms with Crippen LogP contribution in [0.5, 0.6) is 5.75 Å². The van der Waals surface area contributed by atoms with Gasteiger partial charge in [0.25, 0.3) is 5.91 Å². The van der Waals surface area contributed by atoms with Crippen LogP contribution in [0.4, 0.5) is 0 Å². The average molecular weight is 276 g/mol. The van der Waals surface area contributed by atoms with Crippen LogP contribution in [-0.2, 0) is 6.42 Å². The molecule has 0 heterocycles. The molecule has 1 amide bonds. The fourth-order valence-corrected chi connectivity index (χ4v) is 1.99. The van der Waals surface area contributed by atoms with E-state index in [0.29, 0.717) is 23.6 Å². The smallest absolute Gasteiger partial charge is 0.252 e. The lowest BCUT2D eigenvalue weighted by atomic mass is 10.1. The lowest BCUT2D eigenvalue weighted by Crippen LogP contribution is -2.25. The van der Waals surface area contributed by atoms with E-state index in [1.54, 1.807) is 42.5 Å². The normalized spacial score (nSPS) is 10.2. The summed E-state index contributed by atoms with van der Waals surface area (Å²) in [5, 5.41) is 12.6. The Kier molecular flexibility index (Phi) is 4.42. The Balaban J connectivity index is 1.90. The molecule has 4 heteroatoms. The Morgan fingerprint density at radius 2 is 1.95 bits per heavy atom. The monoisotopic (exact) mass is 275 g/mol. The standard InChI is InChI=1S/C15H14ClNO2/c16-14-7-2-1-6-13(14)15(19)17-9-8-11-4-3-5-12(18)10-11/h1-7,10,18H,8-9H2,(H,17,19). The molecule has 0 aliphatic carbocycles. The minimum Gasteiger partial charge on any atom is -0.508 e. The molecule has 3 nitrogen and oxygen atoms in total. The van der Waals surface area contributed by atoms with Crippen molar-refractivity contribution in [3.05, 3.63) is 64.7 Å². The highest BCUT2D eigenvalue weighted by atomic mass is 35.5. The van der Waals surface area contributed by atoms with Crippen LogP contribution in [0.25, 0.3) is 0 Å². The van der Waals surface area contributed by atoms with E-state index in [1.807, 2.05) is 6.07 Å². The summed E-state index contributed by atoms with van der Waals surface area (Å²) in [6.07, 6.45) is 0.657. The van der Waals surface area contributed by atoms with E-state index in [2.05, 4.69) is 5.32 Å². The van der Waals surface area contributed by atoms with Crippen molar-refractivity contribution < 1.29 is 9.90 Å². The number of hydrogen-bond donors (Lipinski definition) is 2. The molecule has 0 bridgehead atoms. The second kappa shape index (κ2) is 6.25. The largest absolute Gasteiger partial charge is 0.508 e. The average Bonchev–Trinajstić information content (AvgIpc) is 2.39. The number of phenolic OH excluding ortho intramolecular Hbond substituents is 1. The number of rotatable bonds is 4. The fraction of sp³-hybridized carbons (Fsp3) is 0.133. The third-order valence-electron chi connectivity index (χ3n) is 2.73. The molecule has 0 atom stereocenters. The van der Waals surface area contributed by atoms with Gasteiger partial charge in [0, 0.05) is 6.54 Å². The molecule has 0 spiro atoms. The van der Waals surface area contributed by atoms with Crippen LogP contribution in [-0.4, -0.2) is 17.6 Å². The summed E-state index contributed by atoms with van der Waals surface area (Å²) in [6.45, 7) is 0.494. The van der Waals surface area contributed by atoms with Gasteiger partial charge in [-0.25, -0.2) is 0 Å². The molecule has 0 saturated heterocycles. The molecule has 0 radical (unpaired) electrons. The molecule has 0 saturated carbocycles. The van der Waals surface area contributed by atoms with Gasteiger partial charge < -0.3 is 10.4 Å². The molecule has 2 N–H and O–H groups in total. The van der Waals surface area contributed by atoms with Crippen molar-refractivity contribution in [2.45, 2.75) is 6.42 Å². The molecule has 0 fully saturated rings. The predicted octanol–water partition coefficient (Wildman–Crippen LogP) is 3.02. The molecule has 0 aromatic heterocycles. The zero-order chi connectivity index (χ0) is 13.7. The van der Waals surface area contributed by atoms with Crippen molar-refractivity contribution in [1.82, 2.24) is 5.32 Å². The maximum absolute atomic E-state index is 11.9. The molecule has 2 aromatic rings. The summed E-state index contributed by atoms with van der Waals surface area (Å²) in [4.78, 5) is 11.9. The molecule has 0 aliphatic heterocycles. The van der Waals surface area contributed by atoms with E-state index in [9.17, 15) is 9.90 Å². The van der Waals surface area contributed by atoms with Gasteiger partial charge >= 0.3 is 0 Å². The highest BCUT2D eigenvalue weighted by molar-refractivity contribution is 6.33. The van der Waals surface area contributed by atoms with Crippen LogP contribution in [0.3, 0.4) is 0 Å². The van der Waals surface area contributed by atoms with Gasteiger partial charge in [0.2, 0.25) is 0 Å². The Labute approximate surface area is 116 Å². The molecule has 19 heavy (non-hydrogen) atoms. The first-order chi connectivity index (χ1) is 9.16. The Hall–Kier alpha value is -2.00. The van der Waals surface area contributed by atoms with Crippen LogP contribution >= 0.6 is 11.6 Å². The molecule has 0 unspecified atom stereocenters. The third-order valence-corrected chi connectivity index (χ3v) is 3.06. The Morgan fingerprint density at radius 3 is 2.68 bits per heavy atom. The van der Waals surface area contributed by atoms with E-state index in [4.69, 9.17) is 11.6 Å². The van der Waals surface area contributed by atoms with Crippen molar-refractivity contribution in [2.24, 2.45) is 0 Å². The number of hydrogen-bond acceptors (Lipinski definition) is 2. The Morgan fingerprint density at radius 1 is 1.16 bits per heavy atom. The van der Waals surface area contributed by atoms with E-state index >= 15 is 0 Å². The van der Waals surface area contributed by atoms with Crippen LogP contribution in [0.15, 0.2) is 48.5 Å². The van der Waals surface area contributed by atoms with Crippen LogP contribution in [0.2, 0.25) is 5.02 Å². The number of nitrogens with one attached hydrogen (secondary N) is 1. The number of benzene rings is 2.